The van der Waals surface area contributed by atoms with Crippen LogP contribution in [0.25, 0.3) is 10.2 Å². The monoisotopic (exact) mass is 288 g/mol. The van der Waals surface area contributed by atoms with E-state index in [0.29, 0.717) is 0 Å². The first-order valence-electron chi connectivity index (χ1n) is 6.16. The summed E-state index contributed by atoms with van der Waals surface area (Å²) in [6.45, 7) is 2.15. The molecule has 0 saturated heterocycles. The number of benzene rings is 2. The van der Waals surface area contributed by atoms with E-state index in [-0.39, 0.29) is 0 Å². The van der Waals surface area contributed by atoms with Crippen molar-refractivity contribution < 1.29 is 0 Å². The van der Waals surface area contributed by atoms with Crippen molar-refractivity contribution >= 4 is 44.0 Å². The quantitative estimate of drug-likeness (QED) is 0.711. The Bertz CT molecular complexity index is 721. The zero-order valence-electron chi connectivity index (χ0n) is 10.5. The average Bonchev–Trinajstić information content (AvgIpc) is 2.80. The lowest BCUT2D eigenvalue weighted by Gasteiger charge is -2.03. The molecule has 1 heterocycles. The first-order chi connectivity index (χ1) is 9.24. The number of thiazole rings is 1. The van der Waals surface area contributed by atoms with Gasteiger partial charge in [0.25, 0.3) is 0 Å². The van der Waals surface area contributed by atoms with Crippen molar-refractivity contribution in [2.24, 2.45) is 0 Å². The molecule has 4 heteroatoms. The minimum absolute atomic E-state index is 0.720. The summed E-state index contributed by atoms with van der Waals surface area (Å²) in [5, 5.41) is 4.97. The molecule has 19 heavy (non-hydrogen) atoms. The van der Waals surface area contributed by atoms with Gasteiger partial charge in [0, 0.05) is 10.7 Å². The Hall–Kier alpha value is -1.58. The Labute approximate surface area is 121 Å². The highest BCUT2D eigenvalue weighted by Gasteiger charge is 2.04. The van der Waals surface area contributed by atoms with Crippen LogP contribution >= 0.6 is 22.9 Å². The topological polar surface area (TPSA) is 24.9 Å². The summed E-state index contributed by atoms with van der Waals surface area (Å²) >= 11 is 7.61. The number of aryl methyl sites for hydroxylation is 1. The maximum absolute atomic E-state index is 5.97. The number of aromatic nitrogens is 1. The van der Waals surface area contributed by atoms with E-state index >= 15 is 0 Å². The van der Waals surface area contributed by atoms with Gasteiger partial charge >= 0.3 is 0 Å². The van der Waals surface area contributed by atoms with Crippen LogP contribution in [0.2, 0.25) is 5.02 Å². The highest BCUT2D eigenvalue weighted by molar-refractivity contribution is 7.22. The summed E-state index contributed by atoms with van der Waals surface area (Å²) in [5.74, 6) is 0. The summed E-state index contributed by atoms with van der Waals surface area (Å²) in [4.78, 5) is 4.55. The van der Waals surface area contributed by atoms with E-state index in [9.17, 15) is 0 Å². The number of hydrogen-bond donors (Lipinski definition) is 1. The van der Waals surface area contributed by atoms with Crippen molar-refractivity contribution in [1.29, 1.82) is 0 Å². The van der Waals surface area contributed by atoms with Crippen molar-refractivity contribution in [1.82, 2.24) is 4.98 Å². The molecule has 0 saturated carbocycles. The number of fused-ring (bicyclic) bond motifs is 1. The number of nitrogens with one attached hydrogen (secondary N) is 1. The second-order valence-corrected chi connectivity index (χ2v) is 5.78. The smallest absolute Gasteiger partial charge is 0.188 e. The third kappa shape index (κ3) is 2.72. The maximum Gasteiger partial charge on any atom is 0.188 e. The number of hydrogen-bond acceptors (Lipinski definition) is 3. The minimum atomic E-state index is 0.720. The fourth-order valence-corrected chi connectivity index (χ4v) is 2.98. The van der Waals surface area contributed by atoms with Gasteiger partial charge in [-0.3, -0.25) is 0 Å². The van der Waals surface area contributed by atoms with Gasteiger partial charge in [-0.25, -0.2) is 4.98 Å². The van der Waals surface area contributed by atoms with Gasteiger partial charge in [0.15, 0.2) is 5.13 Å². The molecule has 0 fully saturated rings. The highest BCUT2D eigenvalue weighted by Crippen LogP contribution is 2.30. The Kier molecular flexibility index (Phi) is 3.40. The number of anilines is 2. The molecule has 0 amide bonds. The number of halogens is 1. The van der Waals surface area contributed by atoms with Crippen LogP contribution in [0, 0.1) is 0 Å². The minimum Gasteiger partial charge on any atom is -0.332 e. The molecule has 1 N–H and O–H groups in total. The van der Waals surface area contributed by atoms with E-state index in [0.717, 1.165) is 32.5 Å². The molecule has 0 aliphatic heterocycles. The van der Waals surface area contributed by atoms with Crippen molar-refractivity contribution in [3.63, 3.8) is 0 Å². The van der Waals surface area contributed by atoms with Crippen LogP contribution in [-0.2, 0) is 6.42 Å². The molecule has 2 aromatic carbocycles. The van der Waals surface area contributed by atoms with Gasteiger partial charge in [0.1, 0.15) is 0 Å². The van der Waals surface area contributed by atoms with Crippen LogP contribution in [-0.4, -0.2) is 4.98 Å². The molecule has 3 aromatic rings. The zero-order valence-corrected chi connectivity index (χ0v) is 12.1. The third-order valence-electron chi connectivity index (χ3n) is 2.94. The summed E-state index contributed by atoms with van der Waals surface area (Å²) < 4.78 is 1.14. The van der Waals surface area contributed by atoms with Gasteiger partial charge in [0.05, 0.1) is 10.2 Å². The lowest BCUT2D eigenvalue weighted by atomic mass is 10.1. The fraction of sp³-hybridized carbons (Fsp3) is 0.133. The standard InChI is InChI=1S/C15H13ClN2S/c1-2-10-4-3-5-12(8-10)17-15-18-13-9-11(16)6-7-14(13)19-15/h3-9H,2H2,1H3,(H,17,18). The summed E-state index contributed by atoms with van der Waals surface area (Å²) in [7, 11) is 0. The highest BCUT2D eigenvalue weighted by atomic mass is 35.5. The SMILES string of the molecule is CCc1cccc(Nc2nc3cc(Cl)ccc3s2)c1. The molecule has 1 aromatic heterocycles. The van der Waals surface area contributed by atoms with Gasteiger partial charge in [-0.2, -0.15) is 0 Å². The van der Waals surface area contributed by atoms with E-state index < -0.39 is 0 Å². The molecule has 0 radical (unpaired) electrons. The van der Waals surface area contributed by atoms with Crippen LogP contribution in [0.1, 0.15) is 12.5 Å². The van der Waals surface area contributed by atoms with Crippen LogP contribution in [0.5, 0.6) is 0 Å². The van der Waals surface area contributed by atoms with Crippen molar-refractivity contribution in [2.75, 3.05) is 5.32 Å². The number of nitrogens with zero attached hydrogens (tertiary/aromatic N) is 1. The Morgan fingerprint density at radius 1 is 1.21 bits per heavy atom. The molecule has 0 bridgehead atoms. The van der Waals surface area contributed by atoms with Crippen molar-refractivity contribution in [3.05, 3.63) is 53.1 Å². The predicted molar refractivity (Wildman–Crippen MR) is 83.7 cm³/mol. The zero-order chi connectivity index (χ0) is 13.2. The van der Waals surface area contributed by atoms with Gasteiger partial charge in [-0.15, -0.1) is 0 Å². The normalized spacial score (nSPS) is 10.8. The second-order valence-electron chi connectivity index (χ2n) is 4.31. The molecular weight excluding hydrogens is 276 g/mol. The fourth-order valence-electron chi connectivity index (χ4n) is 1.95. The van der Waals surface area contributed by atoms with E-state index in [1.165, 1.54) is 5.56 Å². The lowest BCUT2D eigenvalue weighted by Crippen LogP contribution is -1.90. The predicted octanol–water partition coefficient (Wildman–Crippen LogP) is 5.26. The summed E-state index contributed by atoms with van der Waals surface area (Å²) in [5.41, 5.74) is 3.32. The summed E-state index contributed by atoms with van der Waals surface area (Å²) in [6, 6.07) is 14.2. The van der Waals surface area contributed by atoms with E-state index in [2.05, 4.69) is 41.5 Å². The van der Waals surface area contributed by atoms with Crippen LogP contribution in [0.15, 0.2) is 42.5 Å². The first kappa shape index (κ1) is 12.5. The Morgan fingerprint density at radius 2 is 2.11 bits per heavy atom. The molecule has 0 aliphatic rings. The van der Waals surface area contributed by atoms with Gasteiger partial charge in [-0.05, 0) is 42.3 Å². The maximum atomic E-state index is 5.97. The van der Waals surface area contributed by atoms with Crippen LogP contribution in [0.4, 0.5) is 10.8 Å². The van der Waals surface area contributed by atoms with Crippen LogP contribution in [0.3, 0.4) is 0 Å². The molecule has 2 nitrogen and oxygen atoms in total. The van der Waals surface area contributed by atoms with Gasteiger partial charge in [-0.1, -0.05) is 42.0 Å². The molecule has 0 unspecified atom stereocenters. The largest absolute Gasteiger partial charge is 0.332 e. The molecule has 0 aliphatic carbocycles. The average molecular weight is 289 g/mol. The summed E-state index contributed by atoms with van der Waals surface area (Å²) in [6.07, 6.45) is 1.03. The Morgan fingerprint density at radius 3 is 2.95 bits per heavy atom. The lowest BCUT2D eigenvalue weighted by molar-refractivity contribution is 1.14. The molecule has 96 valence electrons. The van der Waals surface area contributed by atoms with Crippen LogP contribution < -0.4 is 5.32 Å². The Balaban J connectivity index is 1.92. The molecule has 0 spiro atoms. The molecule has 3 rings (SSSR count). The second kappa shape index (κ2) is 5.19. The molecule has 0 atom stereocenters. The first-order valence-corrected chi connectivity index (χ1v) is 7.36. The van der Waals surface area contributed by atoms with Crippen molar-refractivity contribution in [3.8, 4) is 0 Å². The number of rotatable bonds is 3. The van der Waals surface area contributed by atoms with Gasteiger partial charge in [0.2, 0.25) is 0 Å². The molecular formula is C15H13ClN2S. The van der Waals surface area contributed by atoms with Gasteiger partial charge < -0.3 is 5.32 Å². The third-order valence-corrected chi connectivity index (χ3v) is 4.12. The van der Waals surface area contributed by atoms with E-state index in [1.807, 2.05) is 18.2 Å². The van der Waals surface area contributed by atoms with E-state index in [4.69, 9.17) is 11.6 Å². The van der Waals surface area contributed by atoms with Crippen molar-refractivity contribution in [2.45, 2.75) is 13.3 Å². The van der Waals surface area contributed by atoms with E-state index in [1.54, 1.807) is 11.3 Å².